The van der Waals surface area contributed by atoms with Gasteiger partial charge in [-0.15, -0.1) is 0 Å². The van der Waals surface area contributed by atoms with Crippen LogP contribution in [-0.4, -0.2) is 5.91 Å². The first-order chi connectivity index (χ1) is 7.65. The third-order valence-electron chi connectivity index (χ3n) is 3.64. The lowest BCUT2D eigenvalue weighted by molar-refractivity contribution is -0.124. The molecule has 1 amide bonds. The Labute approximate surface area is 95.8 Å². The molecule has 1 aromatic rings. The van der Waals surface area contributed by atoms with Gasteiger partial charge in [-0.2, -0.15) is 0 Å². The lowest BCUT2D eigenvalue weighted by Crippen LogP contribution is -2.42. The second-order valence-corrected chi connectivity index (χ2v) is 4.63. The molecule has 0 aliphatic heterocycles. The molecule has 16 heavy (non-hydrogen) atoms. The summed E-state index contributed by atoms with van der Waals surface area (Å²) < 4.78 is 0. The van der Waals surface area contributed by atoms with Crippen molar-refractivity contribution in [2.75, 3.05) is 5.73 Å². The van der Waals surface area contributed by atoms with E-state index < -0.39 is 5.41 Å². The summed E-state index contributed by atoms with van der Waals surface area (Å²) in [6, 6.07) is 7.56. The lowest BCUT2D eigenvalue weighted by atomic mass is 9.69. The van der Waals surface area contributed by atoms with Crippen LogP contribution < -0.4 is 11.5 Å². The summed E-state index contributed by atoms with van der Waals surface area (Å²) in [7, 11) is 0. The summed E-state index contributed by atoms with van der Waals surface area (Å²) >= 11 is 0. The minimum absolute atomic E-state index is 0.197. The van der Waals surface area contributed by atoms with Gasteiger partial charge in [0.2, 0.25) is 5.91 Å². The lowest BCUT2D eigenvalue weighted by Gasteiger charge is -2.34. The van der Waals surface area contributed by atoms with Crippen molar-refractivity contribution >= 4 is 11.6 Å². The standard InChI is InChI=1S/C13H18N2O/c14-11-6-4-10(5-7-11)13(12(15)16)8-2-1-3-9-13/h4-7H,1-3,8-9,14H2,(H2,15,16). The number of rotatable bonds is 2. The quantitative estimate of drug-likeness (QED) is 0.745. The van der Waals surface area contributed by atoms with Crippen molar-refractivity contribution < 1.29 is 4.79 Å². The van der Waals surface area contributed by atoms with Gasteiger partial charge in [-0.3, -0.25) is 4.79 Å². The fourth-order valence-electron chi connectivity index (χ4n) is 2.63. The Morgan fingerprint density at radius 1 is 1.06 bits per heavy atom. The number of hydrogen-bond donors (Lipinski definition) is 2. The maximum atomic E-state index is 11.8. The number of benzene rings is 1. The fourth-order valence-corrected chi connectivity index (χ4v) is 2.63. The highest BCUT2D eigenvalue weighted by molar-refractivity contribution is 5.87. The molecule has 0 radical (unpaired) electrons. The first-order valence-electron chi connectivity index (χ1n) is 5.81. The van der Waals surface area contributed by atoms with Crippen molar-refractivity contribution in [3.8, 4) is 0 Å². The predicted octanol–water partition coefficient (Wildman–Crippen LogP) is 1.96. The van der Waals surface area contributed by atoms with Gasteiger partial charge in [0.25, 0.3) is 0 Å². The zero-order chi connectivity index (χ0) is 11.6. The van der Waals surface area contributed by atoms with E-state index in [1.807, 2.05) is 24.3 Å². The minimum Gasteiger partial charge on any atom is -0.399 e. The zero-order valence-electron chi connectivity index (χ0n) is 9.41. The first-order valence-corrected chi connectivity index (χ1v) is 5.81. The van der Waals surface area contributed by atoms with Crippen LogP contribution in [-0.2, 0) is 10.2 Å². The molecule has 1 aromatic carbocycles. The molecular formula is C13H18N2O. The van der Waals surface area contributed by atoms with Crippen LogP contribution in [0.4, 0.5) is 5.69 Å². The van der Waals surface area contributed by atoms with Crippen LogP contribution >= 0.6 is 0 Å². The van der Waals surface area contributed by atoms with E-state index >= 15 is 0 Å². The summed E-state index contributed by atoms with van der Waals surface area (Å²) in [4.78, 5) is 11.8. The van der Waals surface area contributed by atoms with E-state index in [0.717, 1.165) is 36.9 Å². The van der Waals surface area contributed by atoms with E-state index in [4.69, 9.17) is 11.5 Å². The Hall–Kier alpha value is -1.51. The van der Waals surface area contributed by atoms with Gasteiger partial charge >= 0.3 is 0 Å². The van der Waals surface area contributed by atoms with E-state index in [2.05, 4.69) is 0 Å². The van der Waals surface area contributed by atoms with Crippen molar-refractivity contribution in [2.24, 2.45) is 5.73 Å². The predicted molar refractivity (Wildman–Crippen MR) is 64.8 cm³/mol. The van der Waals surface area contributed by atoms with Crippen molar-refractivity contribution in [2.45, 2.75) is 37.5 Å². The van der Waals surface area contributed by atoms with E-state index in [-0.39, 0.29) is 5.91 Å². The van der Waals surface area contributed by atoms with E-state index in [0.29, 0.717) is 0 Å². The van der Waals surface area contributed by atoms with Crippen molar-refractivity contribution in [1.29, 1.82) is 0 Å². The van der Waals surface area contributed by atoms with Gasteiger partial charge in [0.1, 0.15) is 0 Å². The molecule has 2 rings (SSSR count). The molecule has 0 aromatic heterocycles. The summed E-state index contributed by atoms with van der Waals surface area (Å²) in [6.45, 7) is 0. The van der Waals surface area contributed by atoms with Gasteiger partial charge in [0.15, 0.2) is 0 Å². The monoisotopic (exact) mass is 218 g/mol. The van der Waals surface area contributed by atoms with Crippen molar-refractivity contribution in [1.82, 2.24) is 0 Å². The van der Waals surface area contributed by atoms with Gasteiger partial charge in [0.05, 0.1) is 5.41 Å². The van der Waals surface area contributed by atoms with Crippen LogP contribution in [0.25, 0.3) is 0 Å². The highest BCUT2D eigenvalue weighted by Crippen LogP contribution is 2.39. The maximum Gasteiger partial charge on any atom is 0.228 e. The first kappa shape index (κ1) is 11.0. The normalized spacial score (nSPS) is 19.2. The molecule has 4 N–H and O–H groups in total. The molecule has 1 aliphatic carbocycles. The summed E-state index contributed by atoms with van der Waals surface area (Å²) in [5.41, 5.74) is 12.6. The number of amides is 1. The highest BCUT2D eigenvalue weighted by Gasteiger charge is 2.39. The second-order valence-electron chi connectivity index (χ2n) is 4.63. The van der Waals surface area contributed by atoms with Crippen LogP contribution in [0, 0.1) is 0 Å². The van der Waals surface area contributed by atoms with Crippen LogP contribution in [0.1, 0.15) is 37.7 Å². The molecule has 1 saturated carbocycles. The maximum absolute atomic E-state index is 11.8. The van der Waals surface area contributed by atoms with Crippen molar-refractivity contribution in [3.05, 3.63) is 29.8 Å². The Kier molecular flexibility index (Phi) is 2.86. The molecule has 1 fully saturated rings. The molecule has 0 unspecified atom stereocenters. The van der Waals surface area contributed by atoms with Crippen LogP contribution in [0.3, 0.4) is 0 Å². The number of carbonyl (C=O) groups excluding carboxylic acids is 1. The Morgan fingerprint density at radius 3 is 2.12 bits per heavy atom. The molecule has 0 atom stereocenters. The fraction of sp³-hybridized carbons (Fsp3) is 0.462. The minimum atomic E-state index is -0.452. The molecule has 3 heteroatoms. The smallest absolute Gasteiger partial charge is 0.228 e. The molecular weight excluding hydrogens is 200 g/mol. The van der Waals surface area contributed by atoms with Gasteiger partial charge in [0, 0.05) is 5.69 Å². The summed E-state index contributed by atoms with van der Waals surface area (Å²) in [5, 5.41) is 0. The average molecular weight is 218 g/mol. The number of hydrogen-bond acceptors (Lipinski definition) is 2. The third-order valence-corrected chi connectivity index (χ3v) is 3.64. The van der Waals surface area contributed by atoms with Gasteiger partial charge in [-0.1, -0.05) is 31.4 Å². The number of anilines is 1. The van der Waals surface area contributed by atoms with Gasteiger partial charge in [-0.25, -0.2) is 0 Å². The number of carbonyl (C=O) groups is 1. The van der Waals surface area contributed by atoms with E-state index in [9.17, 15) is 4.79 Å². The number of nitrogens with two attached hydrogens (primary N) is 2. The highest BCUT2D eigenvalue weighted by atomic mass is 16.1. The largest absolute Gasteiger partial charge is 0.399 e. The van der Waals surface area contributed by atoms with Crippen molar-refractivity contribution in [3.63, 3.8) is 0 Å². The van der Waals surface area contributed by atoms with Crippen LogP contribution in [0.5, 0.6) is 0 Å². The van der Waals surface area contributed by atoms with Gasteiger partial charge in [-0.05, 0) is 30.5 Å². The van der Waals surface area contributed by atoms with Crippen LogP contribution in [0.15, 0.2) is 24.3 Å². The molecule has 0 heterocycles. The summed E-state index contributed by atoms with van der Waals surface area (Å²) in [5.74, 6) is -0.197. The molecule has 0 bridgehead atoms. The number of nitrogen functional groups attached to an aromatic ring is 1. The third kappa shape index (κ3) is 1.77. The number of primary amides is 1. The average Bonchev–Trinajstić information content (AvgIpc) is 2.30. The Morgan fingerprint density at radius 2 is 1.62 bits per heavy atom. The SMILES string of the molecule is NC(=O)C1(c2ccc(N)cc2)CCCCC1. The van der Waals surface area contributed by atoms with Gasteiger partial charge < -0.3 is 11.5 Å². The topological polar surface area (TPSA) is 69.1 Å². The van der Waals surface area contributed by atoms with E-state index in [1.165, 1.54) is 6.42 Å². The second kappa shape index (κ2) is 4.16. The van der Waals surface area contributed by atoms with Crippen LogP contribution in [0.2, 0.25) is 0 Å². The Bertz CT molecular complexity index is 377. The molecule has 3 nitrogen and oxygen atoms in total. The molecule has 86 valence electrons. The van der Waals surface area contributed by atoms with E-state index in [1.54, 1.807) is 0 Å². The molecule has 0 saturated heterocycles. The molecule has 0 spiro atoms. The molecule has 1 aliphatic rings. The summed E-state index contributed by atoms with van der Waals surface area (Å²) in [6.07, 6.45) is 5.09. The zero-order valence-corrected chi connectivity index (χ0v) is 9.41. The Balaban J connectivity index is 2.38.